The third-order valence-electron chi connectivity index (χ3n) is 5.12. The molecule has 0 radical (unpaired) electrons. The molecule has 0 saturated heterocycles. The number of nitriles is 1. The SMILES string of the molecule is Cc1c(C(F)(F)C(=O)N[C@H]2COc3cc(C#N)cc(F)c32)c(=O)[nH]c2ccc(F)cc12. The van der Waals surface area contributed by atoms with E-state index in [9.17, 15) is 18.4 Å². The van der Waals surface area contributed by atoms with Crippen molar-refractivity contribution in [2.45, 2.75) is 18.9 Å². The molecule has 1 aliphatic heterocycles. The van der Waals surface area contributed by atoms with Crippen LogP contribution in [0.15, 0.2) is 35.1 Å². The van der Waals surface area contributed by atoms with Crippen LogP contribution in [0.3, 0.4) is 0 Å². The van der Waals surface area contributed by atoms with Crippen molar-refractivity contribution in [1.29, 1.82) is 5.26 Å². The number of hydrogen-bond donors (Lipinski definition) is 2. The van der Waals surface area contributed by atoms with E-state index in [1.54, 1.807) is 6.07 Å². The summed E-state index contributed by atoms with van der Waals surface area (Å²) in [5.74, 6) is -7.78. The van der Waals surface area contributed by atoms with E-state index >= 15 is 8.78 Å². The summed E-state index contributed by atoms with van der Waals surface area (Å²) < 4.78 is 63.2. The molecule has 2 aromatic carbocycles. The normalized spacial score (nSPS) is 15.3. The van der Waals surface area contributed by atoms with Crippen molar-refractivity contribution in [2.75, 3.05) is 6.61 Å². The van der Waals surface area contributed by atoms with E-state index in [2.05, 4.69) is 4.98 Å². The number of halogens is 4. The molecule has 2 N–H and O–H groups in total. The Morgan fingerprint density at radius 2 is 2.03 bits per heavy atom. The van der Waals surface area contributed by atoms with Gasteiger partial charge in [0.15, 0.2) is 0 Å². The fourth-order valence-electron chi connectivity index (χ4n) is 3.65. The number of nitrogens with zero attached hydrogens (tertiary/aromatic N) is 1. The standard InChI is InChI=1S/C21H13F4N3O3/c1-9-12-6-11(22)2-3-14(12)27-19(29)18(9)21(24,25)20(30)28-15-8-31-16-5-10(7-26)4-13(23)17(15)16/h2-6,15H,8H2,1H3,(H,27,29)(H,28,30)/t15-/m0/s1. The van der Waals surface area contributed by atoms with Gasteiger partial charge in [0.25, 0.3) is 11.5 Å². The average molecular weight is 431 g/mol. The number of aryl methyl sites for hydroxylation is 1. The second-order valence-corrected chi connectivity index (χ2v) is 7.04. The number of aromatic amines is 1. The second-order valence-electron chi connectivity index (χ2n) is 7.04. The van der Waals surface area contributed by atoms with Crippen LogP contribution >= 0.6 is 0 Å². The molecular formula is C21H13F4N3O3. The first kappa shape index (κ1) is 20.4. The highest BCUT2D eigenvalue weighted by Crippen LogP contribution is 2.37. The molecule has 0 bridgehead atoms. The minimum atomic E-state index is -4.30. The maximum atomic E-state index is 15.0. The van der Waals surface area contributed by atoms with Crippen LogP contribution in [0.1, 0.15) is 28.3 Å². The number of nitrogens with one attached hydrogen (secondary N) is 2. The van der Waals surface area contributed by atoms with Crippen LogP contribution in [0.4, 0.5) is 17.6 Å². The van der Waals surface area contributed by atoms with E-state index in [4.69, 9.17) is 10.00 Å². The average Bonchev–Trinajstić information content (AvgIpc) is 3.11. The number of hydrogen-bond acceptors (Lipinski definition) is 4. The number of alkyl halides is 2. The van der Waals surface area contributed by atoms with Crippen LogP contribution in [-0.2, 0) is 10.7 Å². The summed E-state index contributed by atoms with van der Waals surface area (Å²) in [6.07, 6.45) is 0. The van der Waals surface area contributed by atoms with Crippen LogP contribution in [0.5, 0.6) is 5.75 Å². The van der Waals surface area contributed by atoms with Gasteiger partial charge in [-0.25, -0.2) is 8.78 Å². The number of H-pyrrole nitrogens is 1. The first-order valence-corrected chi connectivity index (χ1v) is 9.01. The largest absolute Gasteiger partial charge is 0.491 e. The number of rotatable bonds is 3. The summed E-state index contributed by atoms with van der Waals surface area (Å²) in [7, 11) is 0. The van der Waals surface area contributed by atoms with Gasteiger partial charge >= 0.3 is 5.92 Å². The van der Waals surface area contributed by atoms with Crippen LogP contribution in [0.25, 0.3) is 10.9 Å². The zero-order chi connectivity index (χ0) is 22.5. The topological polar surface area (TPSA) is 95.0 Å². The van der Waals surface area contributed by atoms with Gasteiger partial charge in [-0.15, -0.1) is 0 Å². The number of amides is 1. The van der Waals surface area contributed by atoms with E-state index in [-0.39, 0.29) is 39.9 Å². The molecule has 0 saturated carbocycles. The Hall–Kier alpha value is -3.87. The molecule has 0 spiro atoms. The quantitative estimate of drug-likeness (QED) is 0.622. The zero-order valence-corrected chi connectivity index (χ0v) is 15.9. The molecule has 1 aromatic heterocycles. The number of benzene rings is 2. The summed E-state index contributed by atoms with van der Waals surface area (Å²) in [5.41, 5.74) is -2.66. The molecule has 4 rings (SSSR count). The van der Waals surface area contributed by atoms with Gasteiger partial charge in [0, 0.05) is 10.9 Å². The number of fused-ring (bicyclic) bond motifs is 2. The Morgan fingerprint density at radius 1 is 1.29 bits per heavy atom. The minimum absolute atomic E-state index is 0.0201. The molecule has 0 aliphatic carbocycles. The second kappa shape index (κ2) is 7.12. The lowest BCUT2D eigenvalue weighted by atomic mass is 9.98. The number of aromatic nitrogens is 1. The molecule has 158 valence electrons. The first-order chi connectivity index (χ1) is 14.6. The van der Waals surface area contributed by atoms with E-state index in [1.165, 1.54) is 19.1 Å². The van der Waals surface area contributed by atoms with Gasteiger partial charge in [-0.2, -0.15) is 14.0 Å². The van der Waals surface area contributed by atoms with Crippen molar-refractivity contribution < 1.29 is 27.1 Å². The molecule has 0 unspecified atom stereocenters. The molecule has 1 amide bonds. The summed E-state index contributed by atoms with van der Waals surface area (Å²) in [4.78, 5) is 27.0. The third-order valence-corrected chi connectivity index (χ3v) is 5.12. The monoisotopic (exact) mass is 431 g/mol. The van der Waals surface area contributed by atoms with E-state index in [1.807, 2.05) is 5.32 Å². The van der Waals surface area contributed by atoms with Crippen molar-refractivity contribution in [3.8, 4) is 11.8 Å². The number of carbonyl (C=O) groups is 1. The Kier molecular flexibility index (Phi) is 4.69. The molecule has 2 heterocycles. The number of carbonyl (C=O) groups excluding carboxylic acids is 1. The van der Waals surface area contributed by atoms with Crippen LogP contribution in [0.2, 0.25) is 0 Å². The zero-order valence-electron chi connectivity index (χ0n) is 15.9. The smallest absolute Gasteiger partial charge is 0.355 e. The van der Waals surface area contributed by atoms with Gasteiger partial charge in [0.05, 0.1) is 28.8 Å². The molecule has 0 fully saturated rings. The lowest BCUT2D eigenvalue weighted by Crippen LogP contribution is -2.44. The molecule has 1 atom stereocenters. The van der Waals surface area contributed by atoms with Crippen molar-refractivity contribution in [1.82, 2.24) is 10.3 Å². The van der Waals surface area contributed by atoms with Gasteiger partial charge in [-0.1, -0.05) is 0 Å². The van der Waals surface area contributed by atoms with Gasteiger partial charge in [0.1, 0.15) is 24.0 Å². The minimum Gasteiger partial charge on any atom is -0.491 e. The summed E-state index contributed by atoms with van der Waals surface area (Å²) >= 11 is 0. The van der Waals surface area contributed by atoms with Gasteiger partial charge in [-0.05, 0) is 42.8 Å². The molecule has 3 aromatic rings. The highest BCUT2D eigenvalue weighted by Gasteiger charge is 2.46. The predicted molar refractivity (Wildman–Crippen MR) is 101 cm³/mol. The maximum absolute atomic E-state index is 15.0. The van der Waals surface area contributed by atoms with Crippen molar-refractivity contribution in [2.24, 2.45) is 0 Å². The van der Waals surface area contributed by atoms with Crippen molar-refractivity contribution >= 4 is 16.8 Å². The van der Waals surface area contributed by atoms with Crippen LogP contribution < -0.4 is 15.6 Å². The Labute approximate surface area is 172 Å². The van der Waals surface area contributed by atoms with Crippen molar-refractivity contribution in [3.05, 3.63) is 74.6 Å². The summed E-state index contributed by atoms with van der Waals surface area (Å²) in [5, 5.41) is 10.9. The fraction of sp³-hybridized carbons (Fsp3) is 0.190. The molecule has 10 heteroatoms. The molecular weight excluding hydrogens is 418 g/mol. The van der Waals surface area contributed by atoms with E-state index in [0.29, 0.717) is 0 Å². The van der Waals surface area contributed by atoms with Gasteiger partial charge < -0.3 is 15.0 Å². The molecule has 31 heavy (non-hydrogen) atoms. The van der Waals surface area contributed by atoms with Gasteiger partial charge in [-0.3, -0.25) is 9.59 Å². The Balaban J connectivity index is 1.71. The first-order valence-electron chi connectivity index (χ1n) is 9.01. The number of ether oxygens (including phenoxy) is 1. The Bertz CT molecular complexity index is 1340. The highest BCUT2D eigenvalue weighted by atomic mass is 19.3. The van der Waals surface area contributed by atoms with Crippen LogP contribution in [-0.4, -0.2) is 17.5 Å². The number of pyridine rings is 1. The highest BCUT2D eigenvalue weighted by molar-refractivity contribution is 5.89. The predicted octanol–water partition coefficient (Wildman–Crippen LogP) is 3.33. The Morgan fingerprint density at radius 3 is 2.74 bits per heavy atom. The lowest BCUT2D eigenvalue weighted by Gasteiger charge is -2.21. The summed E-state index contributed by atoms with van der Waals surface area (Å²) in [6.45, 7) is 0.853. The lowest BCUT2D eigenvalue weighted by molar-refractivity contribution is -0.148. The fourth-order valence-corrected chi connectivity index (χ4v) is 3.65. The van der Waals surface area contributed by atoms with E-state index in [0.717, 1.165) is 18.2 Å². The van der Waals surface area contributed by atoms with Crippen LogP contribution in [0, 0.1) is 29.9 Å². The molecule has 1 aliphatic rings. The van der Waals surface area contributed by atoms with E-state index < -0.39 is 40.6 Å². The maximum Gasteiger partial charge on any atom is 0.355 e. The molecule has 6 nitrogen and oxygen atoms in total. The summed E-state index contributed by atoms with van der Waals surface area (Å²) in [6, 6.07) is 5.88. The van der Waals surface area contributed by atoms with Gasteiger partial charge in [0.2, 0.25) is 0 Å². The van der Waals surface area contributed by atoms with Crippen molar-refractivity contribution in [3.63, 3.8) is 0 Å². The third kappa shape index (κ3) is 3.28.